The van der Waals surface area contributed by atoms with E-state index >= 15 is 0 Å². The van der Waals surface area contributed by atoms with Crippen molar-refractivity contribution in [2.45, 2.75) is 39.7 Å². The molecule has 0 saturated carbocycles. The van der Waals surface area contributed by atoms with Crippen LogP contribution in [0.3, 0.4) is 0 Å². The van der Waals surface area contributed by atoms with Crippen molar-refractivity contribution in [3.05, 3.63) is 22.4 Å². The van der Waals surface area contributed by atoms with E-state index in [1.165, 1.54) is 4.88 Å². The number of thiocarbonyl (C=S) groups is 1. The lowest BCUT2D eigenvalue weighted by Gasteiger charge is -2.34. The Morgan fingerprint density at radius 3 is 2.68 bits per heavy atom. The molecule has 0 bridgehead atoms. The fraction of sp³-hybridized carbons (Fsp3) is 0.571. The van der Waals surface area contributed by atoms with Gasteiger partial charge in [0.05, 0.1) is 10.4 Å². The summed E-state index contributed by atoms with van der Waals surface area (Å²) < 4.78 is 0. The maximum atomic E-state index is 12.6. The van der Waals surface area contributed by atoms with Crippen LogP contribution in [0, 0.1) is 5.41 Å². The van der Waals surface area contributed by atoms with Gasteiger partial charge in [-0.15, -0.1) is 11.3 Å². The van der Waals surface area contributed by atoms with Crippen LogP contribution in [0.15, 0.2) is 17.5 Å². The molecular weight excluding hydrogens is 276 g/mol. The molecule has 1 heterocycles. The highest BCUT2D eigenvalue weighted by molar-refractivity contribution is 7.80. The van der Waals surface area contributed by atoms with E-state index in [1.54, 1.807) is 16.2 Å². The smallest absolute Gasteiger partial charge is 0.235 e. The molecule has 0 aromatic carbocycles. The van der Waals surface area contributed by atoms with Gasteiger partial charge in [0.1, 0.15) is 0 Å². The third kappa shape index (κ3) is 3.54. The zero-order valence-electron chi connectivity index (χ0n) is 12.0. The molecule has 2 atom stereocenters. The summed E-state index contributed by atoms with van der Waals surface area (Å²) in [6, 6.07) is 4.25. The minimum absolute atomic E-state index is 0.00607. The highest BCUT2D eigenvalue weighted by atomic mass is 32.1. The monoisotopic (exact) mass is 298 g/mol. The average molecular weight is 298 g/mol. The molecule has 0 aliphatic rings. The van der Waals surface area contributed by atoms with E-state index in [4.69, 9.17) is 18.0 Å². The average Bonchev–Trinajstić information content (AvgIpc) is 2.88. The lowest BCUT2D eigenvalue weighted by molar-refractivity contribution is -0.138. The first-order valence-electron chi connectivity index (χ1n) is 6.42. The number of nitrogens with zero attached hydrogens (tertiary/aromatic N) is 1. The SMILES string of the molecule is CCC(C)(C(=O)N(C)C(C)Cc1cccs1)C(N)=S. The summed E-state index contributed by atoms with van der Waals surface area (Å²) in [5, 5.41) is 2.05. The number of hydrogen-bond acceptors (Lipinski definition) is 3. The highest BCUT2D eigenvalue weighted by Gasteiger charge is 2.38. The van der Waals surface area contributed by atoms with Gasteiger partial charge in [-0.3, -0.25) is 4.79 Å². The maximum absolute atomic E-state index is 12.6. The van der Waals surface area contributed by atoms with Crippen LogP contribution in [0.2, 0.25) is 0 Å². The van der Waals surface area contributed by atoms with Crippen molar-refractivity contribution in [3.8, 4) is 0 Å². The van der Waals surface area contributed by atoms with Crippen molar-refractivity contribution in [3.63, 3.8) is 0 Å². The second-order valence-corrected chi connectivity index (χ2v) is 6.57. The van der Waals surface area contributed by atoms with Gasteiger partial charge in [-0.2, -0.15) is 0 Å². The van der Waals surface area contributed by atoms with E-state index in [0.29, 0.717) is 6.42 Å². The number of carbonyl (C=O) groups excluding carboxylic acids is 1. The predicted molar refractivity (Wildman–Crippen MR) is 85.4 cm³/mol. The molecule has 106 valence electrons. The first-order chi connectivity index (χ1) is 8.82. The van der Waals surface area contributed by atoms with E-state index in [1.807, 2.05) is 33.9 Å². The second kappa shape index (κ2) is 6.48. The molecule has 1 aromatic heterocycles. The maximum Gasteiger partial charge on any atom is 0.235 e. The highest BCUT2D eigenvalue weighted by Crippen LogP contribution is 2.26. The second-order valence-electron chi connectivity index (χ2n) is 5.10. The molecule has 19 heavy (non-hydrogen) atoms. The molecule has 0 aliphatic heterocycles. The van der Waals surface area contributed by atoms with Gasteiger partial charge in [-0.25, -0.2) is 0 Å². The number of amides is 1. The normalized spacial score (nSPS) is 15.6. The molecule has 0 radical (unpaired) electrons. The number of likely N-dealkylation sites (N-methyl/N-ethyl adjacent to an activating group) is 1. The summed E-state index contributed by atoms with van der Waals surface area (Å²) in [5.41, 5.74) is 5.00. The van der Waals surface area contributed by atoms with Crippen LogP contribution in [0.25, 0.3) is 0 Å². The molecule has 0 aliphatic carbocycles. The van der Waals surface area contributed by atoms with Crippen molar-refractivity contribution in [2.75, 3.05) is 7.05 Å². The van der Waals surface area contributed by atoms with Crippen LogP contribution < -0.4 is 5.73 Å². The van der Waals surface area contributed by atoms with Gasteiger partial charge < -0.3 is 10.6 Å². The van der Waals surface area contributed by atoms with Crippen LogP contribution in [0.1, 0.15) is 32.1 Å². The molecule has 3 nitrogen and oxygen atoms in total. The number of nitrogens with two attached hydrogens (primary N) is 1. The van der Waals surface area contributed by atoms with Gasteiger partial charge in [0.25, 0.3) is 0 Å². The summed E-state index contributed by atoms with van der Waals surface area (Å²) in [5.74, 6) is 0.00607. The van der Waals surface area contributed by atoms with Crippen molar-refractivity contribution in [1.82, 2.24) is 4.90 Å². The Kier molecular flexibility index (Phi) is 5.50. The van der Waals surface area contributed by atoms with Gasteiger partial charge >= 0.3 is 0 Å². The van der Waals surface area contributed by atoms with Gasteiger partial charge in [-0.1, -0.05) is 25.2 Å². The first kappa shape index (κ1) is 16.1. The fourth-order valence-corrected chi connectivity index (χ4v) is 2.94. The minimum Gasteiger partial charge on any atom is -0.392 e. The Balaban J connectivity index is 2.78. The summed E-state index contributed by atoms with van der Waals surface area (Å²) in [6.45, 7) is 5.81. The Morgan fingerprint density at radius 1 is 1.63 bits per heavy atom. The van der Waals surface area contributed by atoms with Crippen molar-refractivity contribution < 1.29 is 4.79 Å². The summed E-state index contributed by atoms with van der Waals surface area (Å²) in [4.78, 5) is 15.9. The third-order valence-corrected chi connectivity index (χ3v) is 5.13. The minimum atomic E-state index is -0.742. The molecule has 0 spiro atoms. The Labute approximate surface area is 124 Å². The lowest BCUT2D eigenvalue weighted by atomic mass is 9.85. The van der Waals surface area contributed by atoms with Crippen LogP contribution in [0.4, 0.5) is 0 Å². The molecular formula is C14H22N2OS2. The van der Waals surface area contributed by atoms with Crippen LogP contribution >= 0.6 is 23.6 Å². The summed E-state index contributed by atoms with van der Waals surface area (Å²) >= 11 is 6.77. The molecule has 1 rings (SSSR count). The standard InChI is InChI=1S/C14H22N2OS2/c1-5-14(3,12(15)18)13(17)16(4)10(2)9-11-7-6-8-19-11/h6-8,10H,5,9H2,1-4H3,(H2,15,18). The van der Waals surface area contributed by atoms with E-state index < -0.39 is 5.41 Å². The molecule has 5 heteroatoms. The van der Waals surface area contributed by atoms with E-state index in [0.717, 1.165) is 6.42 Å². The Bertz CT molecular complexity index is 444. The van der Waals surface area contributed by atoms with Crippen LogP contribution in [-0.2, 0) is 11.2 Å². The van der Waals surface area contributed by atoms with Gasteiger partial charge in [0.2, 0.25) is 5.91 Å². The quantitative estimate of drug-likeness (QED) is 0.822. The fourth-order valence-electron chi connectivity index (χ4n) is 1.88. The molecule has 1 amide bonds. The Morgan fingerprint density at radius 2 is 2.26 bits per heavy atom. The van der Waals surface area contributed by atoms with Crippen molar-refractivity contribution >= 4 is 34.5 Å². The molecule has 0 fully saturated rings. The summed E-state index contributed by atoms with van der Waals surface area (Å²) in [7, 11) is 1.83. The molecule has 2 unspecified atom stereocenters. The summed E-state index contributed by atoms with van der Waals surface area (Å²) in [6.07, 6.45) is 1.48. The molecule has 1 aromatic rings. The van der Waals surface area contributed by atoms with Crippen LogP contribution in [0.5, 0.6) is 0 Å². The van der Waals surface area contributed by atoms with Crippen LogP contribution in [-0.4, -0.2) is 28.9 Å². The largest absolute Gasteiger partial charge is 0.392 e. The number of thiophene rings is 1. The predicted octanol–water partition coefficient (Wildman–Crippen LogP) is 2.84. The number of carbonyl (C=O) groups is 1. The van der Waals surface area contributed by atoms with E-state index in [-0.39, 0.29) is 16.9 Å². The topological polar surface area (TPSA) is 46.3 Å². The molecule has 2 N–H and O–H groups in total. The van der Waals surface area contributed by atoms with E-state index in [9.17, 15) is 4.79 Å². The van der Waals surface area contributed by atoms with Gasteiger partial charge in [-0.05, 0) is 31.7 Å². The zero-order valence-corrected chi connectivity index (χ0v) is 13.6. The lowest BCUT2D eigenvalue weighted by Crippen LogP contribution is -2.50. The van der Waals surface area contributed by atoms with E-state index in [2.05, 4.69) is 11.4 Å². The number of hydrogen-bond donors (Lipinski definition) is 1. The first-order valence-corrected chi connectivity index (χ1v) is 7.71. The molecule has 0 saturated heterocycles. The third-order valence-electron chi connectivity index (χ3n) is 3.78. The van der Waals surface area contributed by atoms with Gasteiger partial charge in [0, 0.05) is 24.4 Å². The zero-order chi connectivity index (χ0) is 14.6. The number of rotatable bonds is 6. The van der Waals surface area contributed by atoms with Crippen molar-refractivity contribution in [1.29, 1.82) is 0 Å². The Hall–Kier alpha value is -0.940. The van der Waals surface area contributed by atoms with Gasteiger partial charge in [0.15, 0.2) is 0 Å². The van der Waals surface area contributed by atoms with Crippen molar-refractivity contribution in [2.24, 2.45) is 11.1 Å².